The van der Waals surface area contributed by atoms with E-state index in [1.165, 1.54) is 6.07 Å². The van der Waals surface area contributed by atoms with Gasteiger partial charge in [-0.05, 0) is 31.0 Å². The van der Waals surface area contributed by atoms with Crippen LogP contribution in [0.15, 0.2) is 18.2 Å². The lowest BCUT2D eigenvalue weighted by molar-refractivity contribution is -0.139. The van der Waals surface area contributed by atoms with E-state index in [9.17, 15) is 22.4 Å². The Hall–Kier alpha value is -1.99. The van der Waals surface area contributed by atoms with Crippen LogP contribution in [0, 0.1) is 5.82 Å². The average molecular weight is 292 g/mol. The summed E-state index contributed by atoms with van der Waals surface area (Å²) in [6.45, 7) is 0. The minimum absolute atomic E-state index is 0.126. The van der Waals surface area contributed by atoms with Crippen molar-refractivity contribution in [3.8, 4) is 0 Å². The Labute approximate surface area is 111 Å². The predicted molar refractivity (Wildman–Crippen MR) is 63.0 cm³/mol. The Kier molecular flexibility index (Phi) is 3.74. The summed E-state index contributed by atoms with van der Waals surface area (Å²) in [6.07, 6.45) is -4.92. The first-order valence-electron chi connectivity index (χ1n) is 5.88. The van der Waals surface area contributed by atoms with E-state index in [0.29, 0.717) is 18.9 Å². The monoisotopic (exact) mass is 292 g/mol. The number of hydrogen-bond acceptors (Lipinski definition) is 2. The fourth-order valence-corrected chi connectivity index (χ4v) is 2.10. The van der Waals surface area contributed by atoms with Gasteiger partial charge in [0.25, 0.3) is 0 Å². The van der Waals surface area contributed by atoms with Crippen LogP contribution < -0.4 is 10.6 Å². The molecule has 1 aromatic carbocycles. The summed E-state index contributed by atoms with van der Waals surface area (Å²) in [6, 6.07) is 2.37. The second kappa shape index (κ2) is 5.18. The summed E-state index contributed by atoms with van der Waals surface area (Å²) in [4.78, 5) is 10.4. The van der Waals surface area contributed by atoms with E-state index < -0.39 is 23.7 Å². The Balaban J connectivity index is 1.97. The molecule has 8 heteroatoms. The van der Waals surface area contributed by atoms with Gasteiger partial charge in [0.05, 0.1) is 5.56 Å². The van der Waals surface area contributed by atoms with Crippen molar-refractivity contribution >= 4 is 11.8 Å². The van der Waals surface area contributed by atoms with Crippen molar-refractivity contribution in [1.29, 1.82) is 0 Å². The molecule has 110 valence electrons. The van der Waals surface area contributed by atoms with Gasteiger partial charge in [-0.25, -0.2) is 9.18 Å². The maximum atomic E-state index is 13.1. The molecule has 0 aliphatic heterocycles. The predicted octanol–water partition coefficient (Wildman–Crippen LogP) is 3.06. The Morgan fingerprint density at radius 2 is 1.90 bits per heavy atom. The molecule has 1 aliphatic carbocycles. The highest BCUT2D eigenvalue weighted by molar-refractivity contribution is 5.65. The van der Waals surface area contributed by atoms with Gasteiger partial charge >= 0.3 is 12.3 Å². The molecule has 1 aromatic rings. The second-order valence-corrected chi connectivity index (χ2v) is 4.65. The van der Waals surface area contributed by atoms with E-state index in [2.05, 4.69) is 10.6 Å². The minimum Gasteiger partial charge on any atom is -0.465 e. The molecule has 1 aliphatic rings. The number of nitrogens with one attached hydrogen (secondary N) is 2. The lowest BCUT2D eigenvalue weighted by Gasteiger charge is -2.36. The average Bonchev–Trinajstić information content (AvgIpc) is 2.26. The van der Waals surface area contributed by atoms with Crippen molar-refractivity contribution < 1.29 is 27.5 Å². The zero-order chi connectivity index (χ0) is 14.9. The van der Waals surface area contributed by atoms with Crippen molar-refractivity contribution in [1.82, 2.24) is 5.32 Å². The van der Waals surface area contributed by atoms with Gasteiger partial charge in [-0.1, -0.05) is 0 Å². The third-order valence-corrected chi connectivity index (χ3v) is 3.11. The third-order valence-electron chi connectivity index (χ3n) is 3.11. The first kappa shape index (κ1) is 14.4. The highest BCUT2D eigenvalue weighted by Gasteiger charge is 2.35. The number of carbonyl (C=O) groups is 1. The van der Waals surface area contributed by atoms with E-state index in [-0.39, 0.29) is 17.8 Å². The quantitative estimate of drug-likeness (QED) is 0.750. The molecule has 0 radical (unpaired) electrons. The van der Waals surface area contributed by atoms with E-state index in [0.717, 1.165) is 6.07 Å². The number of hydrogen-bond donors (Lipinski definition) is 3. The molecule has 1 saturated carbocycles. The molecule has 0 bridgehead atoms. The van der Waals surface area contributed by atoms with Crippen LogP contribution in [0.1, 0.15) is 18.4 Å². The van der Waals surface area contributed by atoms with Crippen LogP contribution in [0.4, 0.5) is 28.0 Å². The molecule has 20 heavy (non-hydrogen) atoms. The van der Waals surface area contributed by atoms with Gasteiger partial charge in [0.1, 0.15) is 5.82 Å². The van der Waals surface area contributed by atoms with Crippen molar-refractivity contribution in [2.75, 3.05) is 5.32 Å². The summed E-state index contributed by atoms with van der Waals surface area (Å²) in [5.74, 6) is -1.32. The van der Waals surface area contributed by atoms with Gasteiger partial charge in [-0.3, -0.25) is 0 Å². The Morgan fingerprint density at radius 1 is 1.25 bits per heavy atom. The topological polar surface area (TPSA) is 61.4 Å². The summed E-state index contributed by atoms with van der Waals surface area (Å²) in [5.41, 5.74) is -1.15. The number of rotatable bonds is 3. The van der Waals surface area contributed by atoms with Gasteiger partial charge in [0, 0.05) is 17.8 Å². The number of alkyl halides is 3. The van der Waals surface area contributed by atoms with Crippen molar-refractivity contribution in [3.63, 3.8) is 0 Å². The molecule has 0 spiro atoms. The minimum atomic E-state index is -4.74. The molecule has 0 aromatic heterocycles. The van der Waals surface area contributed by atoms with Crippen LogP contribution in [0.25, 0.3) is 0 Å². The Morgan fingerprint density at radius 3 is 2.45 bits per heavy atom. The molecular weight excluding hydrogens is 280 g/mol. The van der Waals surface area contributed by atoms with E-state index in [1.54, 1.807) is 0 Å². The summed E-state index contributed by atoms with van der Waals surface area (Å²) >= 11 is 0. The van der Waals surface area contributed by atoms with Gasteiger partial charge in [0.2, 0.25) is 0 Å². The van der Waals surface area contributed by atoms with Crippen molar-refractivity contribution in [2.45, 2.75) is 31.1 Å². The molecule has 2 rings (SSSR count). The molecule has 0 heterocycles. The van der Waals surface area contributed by atoms with Gasteiger partial charge in [-0.2, -0.15) is 13.2 Å². The maximum absolute atomic E-state index is 13.1. The summed E-state index contributed by atoms with van der Waals surface area (Å²) in [7, 11) is 0. The van der Waals surface area contributed by atoms with Crippen LogP contribution in [-0.4, -0.2) is 23.3 Å². The van der Waals surface area contributed by atoms with E-state index in [4.69, 9.17) is 5.11 Å². The molecule has 1 amide bonds. The summed E-state index contributed by atoms with van der Waals surface area (Å²) < 4.78 is 50.7. The molecule has 3 N–H and O–H groups in total. The molecule has 0 atom stereocenters. The number of carboxylic acid groups (broad SMARTS) is 1. The fraction of sp³-hybridized carbons (Fsp3) is 0.417. The number of benzene rings is 1. The smallest absolute Gasteiger partial charge is 0.419 e. The highest BCUT2D eigenvalue weighted by atomic mass is 19.4. The largest absolute Gasteiger partial charge is 0.465 e. The second-order valence-electron chi connectivity index (χ2n) is 4.65. The lowest BCUT2D eigenvalue weighted by Crippen LogP contribution is -2.49. The number of halogens is 4. The number of anilines is 1. The molecule has 4 nitrogen and oxygen atoms in total. The standard InChI is InChI=1S/C12H12F4N2O2/c13-10-2-1-6(5-9(10)12(14,15)16)17-7-3-8(4-7)18-11(19)20/h1-2,5,7-8,17-18H,3-4H2,(H,19,20). The molecular formula is C12H12F4N2O2. The molecule has 1 fully saturated rings. The lowest BCUT2D eigenvalue weighted by atomic mass is 9.86. The zero-order valence-corrected chi connectivity index (χ0v) is 10.2. The van der Waals surface area contributed by atoms with Gasteiger partial charge in [-0.15, -0.1) is 0 Å². The van der Waals surface area contributed by atoms with E-state index in [1.807, 2.05) is 0 Å². The van der Waals surface area contributed by atoms with Crippen LogP contribution in [0.3, 0.4) is 0 Å². The SMILES string of the molecule is O=C(O)NC1CC(Nc2ccc(F)c(C(F)(F)F)c2)C1. The first-order chi connectivity index (χ1) is 9.25. The van der Waals surface area contributed by atoms with Gasteiger partial charge in [0.15, 0.2) is 0 Å². The third kappa shape index (κ3) is 3.31. The Bertz CT molecular complexity index is 513. The van der Waals surface area contributed by atoms with Crippen molar-refractivity contribution in [2.24, 2.45) is 0 Å². The first-order valence-corrected chi connectivity index (χ1v) is 5.88. The van der Waals surface area contributed by atoms with Gasteiger partial charge < -0.3 is 15.7 Å². The van der Waals surface area contributed by atoms with Crippen LogP contribution in [0.2, 0.25) is 0 Å². The molecule has 0 unspecified atom stereocenters. The molecule has 0 saturated heterocycles. The normalized spacial score (nSPS) is 22.0. The van der Waals surface area contributed by atoms with Crippen LogP contribution in [-0.2, 0) is 6.18 Å². The maximum Gasteiger partial charge on any atom is 0.419 e. The highest BCUT2D eigenvalue weighted by Crippen LogP contribution is 2.34. The van der Waals surface area contributed by atoms with Crippen molar-refractivity contribution in [3.05, 3.63) is 29.6 Å². The van der Waals surface area contributed by atoms with Crippen LogP contribution in [0.5, 0.6) is 0 Å². The summed E-state index contributed by atoms with van der Waals surface area (Å²) in [5, 5.41) is 13.6. The number of amides is 1. The fourth-order valence-electron chi connectivity index (χ4n) is 2.10. The zero-order valence-electron chi connectivity index (χ0n) is 10.2. The van der Waals surface area contributed by atoms with Crippen LogP contribution >= 0.6 is 0 Å². The van der Waals surface area contributed by atoms with E-state index >= 15 is 0 Å².